The van der Waals surface area contributed by atoms with Crippen molar-refractivity contribution in [2.24, 2.45) is 4.99 Å². The molecule has 0 aliphatic heterocycles. The molecule has 0 aliphatic carbocycles. The molecule has 1 heterocycles. The summed E-state index contributed by atoms with van der Waals surface area (Å²) in [6.07, 6.45) is -4.57. The summed E-state index contributed by atoms with van der Waals surface area (Å²) >= 11 is 1.09. The lowest BCUT2D eigenvalue weighted by molar-refractivity contribution is -0.138. The minimum Gasteiger partial charge on any atom is -0.480 e. The summed E-state index contributed by atoms with van der Waals surface area (Å²) in [5.41, 5.74) is -0.594. The van der Waals surface area contributed by atoms with E-state index >= 15 is 0 Å². The molecule has 1 amide bonds. The Balaban J connectivity index is 2.10. The number of carbonyl (C=O) groups is 2. The fraction of sp³-hybridized carbons (Fsp3) is 0.118. The number of carbonyl (C=O) groups excluding carboxylic acids is 1. The van der Waals surface area contributed by atoms with Crippen LogP contribution in [0.5, 0.6) is 0 Å². The molecule has 26 heavy (non-hydrogen) atoms. The Morgan fingerprint density at radius 1 is 1.12 bits per heavy atom. The van der Waals surface area contributed by atoms with Crippen LogP contribution in [0.25, 0.3) is 10.2 Å². The number of amides is 1. The third-order valence-electron chi connectivity index (χ3n) is 3.52. The molecule has 0 saturated carbocycles. The SMILES string of the molecule is O=C(O)Cn1/c(=N/C(=O)c2cccc(C(F)(F)F)c2)sc2ccccc21. The lowest BCUT2D eigenvalue weighted by Crippen LogP contribution is -2.21. The molecular weight excluding hydrogens is 369 g/mol. The fourth-order valence-electron chi connectivity index (χ4n) is 2.37. The topological polar surface area (TPSA) is 71.7 Å². The summed E-state index contributed by atoms with van der Waals surface area (Å²) in [6.45, 7) is -0.418. The Hall–Kier alpha value is -2.94. The summed E-state index contributed by atoms with van der Waals surface area (Å²) in [5, 5.41) is 9.08. The Bertz CT molecular complexity index is 1070. The molecule has 2 aromatic carbocycles. The molecule has 5 nitrogen and oxygen atoms in total. The standard InChI is InChI=1S/C17H11F3N2O3S/c18-17(19,20)11-5-3-4-10(8-11)15(25)21-16-22(9-14(23)24)12-6-1-2-7-13(12)26-16/h1-8H,9H2,(H,23,24)/b21-16-. The van der Waals surface area contributed by atoms with Gasteiger partial charge in [0, 0.05) is 5.56 Å². The third-order valence-corrected chi connectivity index (χ3v) is 4.57. The van der Waals surface area contributed by atoms with E-state index < -0.39 is 30.2 Å². The van der Waals surface area contributed by atoms with E-state index in [2.05, 4.69) is 4.99 Å². The van der Waals surface area contributed by atoms with Gasteiger partial charge in [-0.25, -0.2) is 0 Å². The zero-order valence-electron chi connectivity index (χ0n) is 13.0. The van der Waals surface area contributed by atoms with Crippen LogP contribution >= 0.6 is 11.3 Å². The highest BCUT2D eigenvalue weighted by atomic mass is 32.1. The van der Waals surface area contributed by atoms with Gasteiger partial charge in [-0.15, -0.1) is 0 Å². The van der Waals surface area contributed by atoms with Crippen molar-refractivity contribution >= 4 is 33.4 Å². The number of rotatable bonds is 3. The van der Waals surface area contributed by atoms with Crippen LogP contribution in [0.15, 0.2) is 53.5 Å². The molecule has 0 spiro atoms. The predicted octanol–water partition coefficient (Wildman–Crippen LogP) is 3.55. The monoisotopic (exact) mass is 380 g/mol. The van der Waals surface area contributed by atoms with Crippen LogP contribution in [-0.4, -0.2) is 21.6 Å². The number of benzene rings is 2. The van der Waals surface area contributed by atoms with Gasteiger partial charge in [0.1, 0.15) is 6.54 Å². The molecule has 0 unspecified atom stereocenters. The zero-order chi connectivity index (χ0) is 18.9. The third kappa shape index (κ3) is 3.67. The number of alkyl halides is 3. The van der Waals surface area contributed by atoms with Gasteiger partial charge < -0.3 is 9.67 Å². The second-order valence-corrected chi connectivity index (χ2v) is 6.34. The van der Waals surface area contributed by atoms with Gasteiger partial charge in [-0.2, -0.15) is 18.2 Å². The minimum atomic E-state index is -4.57. The van der Waals surface area contributed by atoms with Gasteiger partial charge in [0.2, 0.25) is 0 Å². The molecular formula is C17H11F3N2O3S. The van der Waals surface area contributed by atoms with E-state index in [1.807, 2.05) is 0 Å². The second-order valence-electron chi connectivity index (χ2n) is 5.33. The molecule has 3 rings (SSSR count). The Morgan fingerprint density at radius 2 is 1.85 bits per heavy atom. The zero-order valence-corrected chi connectivity index (χ0v) is 13.8. The van der Waals surface area contributed by atoms with Crippen molar-refractivity contribution in [2.75, 3.05) is 0 Å². The highest BCUT2D eigenvalue weighted by molar-refractivity contribution is 7.16. The number of aliphatic carboxylic acids is 1. The number of hydrogen-bond acceptors (Lipinski definition) is 3. The maximum atomic E-state index is 12.8. The smallest absolute Gasteiger partial charge is 0.416 e. The van der Waals surface area contributed by atoms with Gasteiger partial charge in [-0.1, -0.05) is 29.5 Å². The first-order valence-electron chi connectivity index (χ1n) is 7.32. The summed E-state index contributed by atoms with van der Waals surface area (Å²) in [5.74, 6) is -2.00. The molecule has 0 aliphatic rings. The van der Waals surface area contributed by atoms with Gasteiger partial charge in [-0.05, 0) is 30.3 Å². The largest absolute Gasteiger partial charge is 0.480 e. The van der Waals surface area contributed by atoms with Crippen molar-refractivity contribution in [3.05, 3.63) is 64.5 Å². The fourth-order valence-corrected chi connectivity index (χ4v) is 3.40. The van der Waals surface area contributed by atoms with Crippen molar-refractivity contribution in [2.45, 2.75) is 12.7 Å². The molecule has 3 aromatic rings. The number of carboxylic acid groups (broad SMARTS) is 1. The van der Waals surface area contributed by atoms with Crippen LogP contribution in [-0.2, 0) is 17.5 Å². The van der Waals surface area contributed by atoms with Gasteiger partial charge in [-0.3, -0.25) is 9.59 Å². The van der Waals surface area contributed by atoms with Crippen molar-refractivity contribution in [1.82, 2.24) is 4.57 Å². The van der Waals surface area contributed by atoms with Crippen LogP contribution in [0.2, 0.25) is 0 Å². The lowest BCUT2D eigenvalue weighted by atomic mass is 10.1. The van der Waals surface area contributed by atoms with Gasteiger partial charge in [0.25, 0.3) is 5.91 Å². The van der Waals surface area contributed by atoms with E-state index in [1.165, 1.54) is 10.6 Å². The summed E-state index contributed by atoms with van der Waals surface area (Å²) < 4.78 is 40.4. The molecule has 0 fully saturated rings. The molecule has 0 bridgehead atoms. The molecule has 0 saturated heterocycles. The number of aromatic nitrogens is 1. The number of hydrogen-bond donors (Lipinski definition) is 1. The average molecular weight is 380 g/mol. The Kier molecular flexibility index (Phi) is 4.64. The van der Waals surface area contributed by atoms with E-state index in [4.69, 9.17) is 5.11 Å². The van der Waals surface area contributed by atoms with Crippen LogP contribution < -0.4 is 4.80 Å². The first kappa shape index (κ1) is 17.9. The number of nitrogens with zero attached hydrogens (tertiary/aromatic N) is 2. The van der Waals surface area contributed by atoms with Gasteiger partial charge in [0.05, 0.1) is 15.8 Å². The van der Waals surface area contributed by atoms with Crippen molar-refractivity contribution in [1.29, 1.82) is 0 Å². The summed E-state index contributed by atoms with van der Waals surface area (Å²) in [4.78, 5) is 27.4. The first-order valence-corrected chi connectivity index (χ1v) is 8.14. The van der Waals surface area contributed by atoms with Crippen LogP contribution in [0, 0.1) is 0 Å². The molecule has 134 valence electrons. The Morgan fingerprint density at radius 3 is 2.54 bits per heavy atom. The highest BCUT2D eigenvalue weighted by Gasteiger charge is 2.30. The van der Waals surface area contributed by atoms with Gasteiger partial charge in [0.15, 0.2) is 4.80 Å². The van der Waals surface area contributed by atoms with Crippen molar-refractivity contribution < 1.29 is 27.9 Å². The van der Waals surface area contributed by atoms with E-state index in [1.54, 1.807) is 24.3 Å². The predicted molar refractivity (Wildman–Crippen MR) is 88.8 cm³/mol. The van der Waals surface area contributed by atoms with Crippen molar-refractivity contribution in [3.8, 4) is 0 Å². The second kappa shape index (κ2) is 6.75. The number of thiazole rings is 1. The normalized spacial score (nSPS) is 12.5. The van der Waals surface area contributed by atoms with E-state index in [0.717, 1.165) is 29.5 Å². The lowest BCUT2D eigenvalue weighted by Gasteiger charge is -2.06. The molecule has 1 aromatic heterocycles. The van der Waals surface area contributed by atoms with Crippen LogP contribution in [0.4, 0.5) is 13.2 Å². The minimum absolute atomic E-state index is 0.107. The molecule has 1 N–H and O–H groups in total. The number of halogens is 3. The number of carboxylic acids is 1. The van der Waals surface area contributed by atoms with Crippen molar-refractivity contribution in [3.63, 3.8) is 0 Å². The first-order chi connectivity index (χ1) is 12.3. The number of para-hydroxylation sites is 1. The molecule has 9 heteroatoms. The molecule has 0 radical (unpaired) electrons. The average Bonchev–Trinajstić information content (AvgIpc) is 2.91. The molecule has 0 atom stereocenters. The van der Waals surface area contributed by atoms with Gasteiger partial charge >= 0.3 is 12.1 Å². The number of fused-ring (bicyclic) bond motifs is 1. The van der Waals surface area contributed by atoms with E-state index in [-0.39, 0.29) is 10.4 Å². The maximum Gasteiger partial charge on any atom is 0.416 e. The van der Waals surface area contributed by atoms with E-state index in [0.29, 0.717) is 10.2 Å². The van der Waals surface area contributed by atoms with E-state index in [9.17, 15) is 22.8 Å². The Labute approximate surface area is 148 Å². The highest BCUT2D eigenvalue weighted by Crippen LogP contribution is 2.29. The van der Waals surface area contributed by atoms with Crippen LogP contribution in [0.3, 0.4) is 0 Å². The quantitative estimate of drug-likeness (QED) is 0.755. The maximum absolute atomic E-state index is 12.8. The summed E-state index contributed by atoms with van der Waals surface area (Å²) in [7, 11) is 0. The van der Waals surface area contributed by atoms with Crippen LogP contribution in [0.1, 0.15) is 15.9 Å². The summed E-state index contributed by atoms with van der Waals surface area (Å²) in [6, 6.07) is 10.8.